The van der Waals surface area contributed by atoms with Crippen LogP contribution in [0.15, 0.2) is 29.1 Å². The molecule has 0 aliphatic carbocycles. The largest absolute Gasteiger partial charge is 0.399 e. The van der Waals surface area contributed by atoms with Crippen molar-refractivity contribution in [2.75, 3.05) is 11.1 Å². The number of benzene rings is 1. The van der Waals surface area contributed by atoms with Crippen LogP contribution < -0.4 is 16.6 Å². The fraction of sp³-hybridized carbons (Fsp3) is 0. The van der Waals surface area contributed by atoms with Crippen LogP contribution in [0.25, 0.3) is 0 Å². The van der Waals surface area contributed by atoms with Crippen molar-refractivity contribution in [3.05, 3.63) is 45.3 Å². The van der Waals surface area contributed by atoms with Gasteiger partial charge < -0.3 is 11.1 Å². The summed E-state index contributed by atoms with van der Waals surface area (Å²) in [6.45, 7) is 0. The molecule has 0 atom stereocenters. The van der Waals surface area contributed by atoms with Crippen molar-refractivity contribution < 1.29 is 4.79 Å². The molecule has 1 aromatic carbocycles. The smallest absolute Gasteiger partial charge is 0.273 e. The highest BCUT2D eigenvalue weighted by molar-refractivity contribution is 6.34. The topological polar surface area (TPSA) is 104 Å². The van der Waals surface area contributed by atoms with Crippen LogP contribution in [0.2, 0.25) is 5.02 Å². The van der Waals surface area contributed by atoms with Gasteiger partial charge in [0.1, 0.15) is 5.69 Å². The van der Waals surface area contributed by atoms with E-state index >= 15 is 0 Å². The van der Waals surface area contributed by atoms with Crippen LogP contribution in [0, 0.1) is 0 Å². The van der Waals surface area contributed by atoms with E-state index in [2.05, 4.69) is 15.5 Å². The van der Waals surface area contributed by atoms with Gasteiger partial charge in [-0.1, -0.05) is 11.6 Å². The molecule has 0 aliphatic rings. The number of aromatic nitrogens is 2. The summed E-state index contributed by atoms with van der Waals surface area (Å²) in [5.74, 6) is -0.463. The molecule has 1 amide bonds. The number of aromatic amines is 2. The molecule has 0 saturated heterocycles. The lowest BCUT2D eigenvalue weighted by Crippen LogP contribution is -2.12. The van der Waals surface area contributed by atoms with Gasteiger partial charge in [-0.25, -0.2) is 0 Å². The van der Waals surface area contributed by atoms with Gasteiger partial charge >= 0.3 is 0 Å². The van der Waals surface area contributed by atoms with E-state index in [1.54, 1.807) is 12.1 Å². The molecule has 0 fully saturated rings. The van der Waals surface area contributed by atoms with E-state index < -0.39 is 5.91 Å². The van der Waals surface area contributed by atoms with Crippen LogP contribution in [-0.2, 0) is 0 Å². The fourth-order valence-corrected chi connectivity index (χ4v) is 1.51. The van der Waals surface area contributed by atoms with Crippen molar-refractivity contribution >= 4 is 28.9 Å². The standard InChI is InChI=1S/C10H9ClN4O2/c11-6-3-5(12)1-2-7(6)13-10(17)8-4-9(16)15-14-8/h1-4H,12H2,(H,13,17)(H2,14,15,16). The molecule has 6 nitrogen and oxygen atoms in total. The van der Waals surface area contributed by atoms with Crippen molar-refractivity contribution in [3.63, 3.8) is 0 Å². The van der Waals surface area contributed by atoms with E-state index in [4.69, 9.17) is 17.3 Å². The van der Waals surface area contributed by atoms with Crippen LogP contribution in [0.5, 0.6) is 0 Å². The summed E-state index contributed by atoms with van der Waals surface area (Å²) in [4.78, 5) is 22.5. The SMILES string of the molecule is Nc1ccc(NC(=O)c2cc(=O)[nH][nH]2)c(Cl)c1. The number of hydrogen-bond donors (Lipinski definition) is 4. The van der Waals surface area contributed by atoms with E-state index in [0.29, 0.717) is 16.4 Å². The fourth-order valence-electron chi connectivity index (χ4n) is 1.28. The maximum atomic E-state index is 11.7. The Kier molecular flexibility index (Phi) is 2.88. The van der Waals surface area contributed by atoms with Gasteiger partial charge in [-0.15, -0.1) is 0 Å². The normalized spacial score (nSPS) is 10.2. The van der Waals surface area contributed by atoms with Crippen molar-refractivity contribution in [1.29, 1.82) is 0 Å². The zero-order chi connectivity index (χ0) is 12.4. The molecular formula is C10H9ClN4O2. The van der Waals surface area contributed by atoms with Crippen LogP contribution in [0.4, 0.5) is 11.4 Å². The number of nitrogens with one attached hydrogen (secondary N) is 3. The summed E-state index contributed by atoms with van der Waals surface area (Å²) in [7, 11) is 0. The monoisotopic (exact) mass is 252 g/mol. The highest BCUT2D eigenvalue weighted by atomic mass is 35.5. The number of H-pyrrole nitrogens is 2. The number of nitrogen functional groups attached to an aromatic ring is 1. The number of carbonyl (C=O) groups excluding carboxylic acids is 1. The van der Waals surface area contributed by atoms with Crippen LogP contribution in [0.1, 0.15) is 10.5 Å². The molecule has 0 aliphatic heterocycles. The number of halogens is 1. The van der Waals surface area contributed by atoms with Gasteiger partial charge in [-0.05, 0) is 18.2 Å². The van der Waals surface area contributed by atoms with Gasteiger partial charge in [0.25, 0.3) is 11.5 Å². The first-order valence-corrected chi connectivity index (χ1v) is 5.08. The molecule has 88 valence electrons. The third-order valence-electron chi connectivity index (χ3n) is 2.08. The number of amides is 1. The van der Waals surface area contributed by atoms with Gasteiger partial charge in [-0.3, -0.25) is 19.8 Å². The van der Waals surface area contributed by atoms with E-state index in [1.165, 1.54) is 6.07 Å². The van der Waals surface area contributed by atoms with E-state index in [-0.39, 0.29) is 11.3 Å². The maximum absolute atomic E-state index is 11.7. The Morgan fingerprint density at radius 3 is 2.65 bits per heavy atom. The minimum absolute atomic E-state index is 0.128. The molecule has 5 N–H and O–H groups in total. The average molecular weight is 253 g/mol. The number of hydrogen-bond acceptors (Lipinski definition) is 3. The number of carbonyl (C=O) groups is 1. The predicted octanol–water partition coefficient (Wildman–Crippen LogP) is 1.19. The summed E-state index contributed by atoms with van der Waals surface area (Å²) in [5, 5.41) is 7.58. The second kappa shape index (κ2) is 4.34. The molecule has 7 heteroatoms. The molecular weight excluding hydrogens is 244 g/mol. The van der Waals surface area contributed by atoms with Crippen LogP contribution in [-0.4, -0.2) is 16.1 Å². The zero-order valence-electron chi connectivity index (χ0n) is 8.58. The van der Waals surface area contributed by atoms with E-state index in [9.17, 15) is 9.59 Å². The molecule has 0 unspecified atom stereocenters. The molecule has 0 spiro atoms. The van der Waals surface area contributed by atoms with Crippen molar-refractivity contribution in [1.82, 2.24) is 10.2 Å². The number of nitrogens with two attached hydrogens (primary N) is 1. The van der Waals surface area contributed by atoms with Gasteiger partial charge in [0, 0.05) is 11.8 Å². The third-order valence-corrected chi connectivity index (χ3v) is 2.39. The summed E-state index contributed by atoms with van der Waals surface area (Å²) in [6.07, 6.45) is 0. The highest BCUT2D eigenvalue weighted by Crippen LogP contribution is 2.24. The Bertz CT molecular complexity index is 617. The molecule has 1 heterocycles. The third kappa shape index (κ3) is 2.48. The summed E-state index contributed by atoms with van der Waals surface area (Å²) < 4.78 is 0. The Morgan fingerprint density at radius 1 is 1.29 bits per heavy atom. The van der Waals surface area contributed by atoms with Crippen molar-refractivity contribution in [2.45, 2.75) is 0 Å². The number of rotatable bonds is 2. The van der Waals surface area contributed by atoms with Gasteiger partial charge in [0.15, 0.2) is 0 Å². The van der Waals surface area contributed by atoms with E-state index in [0.717, 1.165) is 6.07 Å². The van der Waals surface area contributed by atoms with Crippen molar-refractivity contribution in [3.8, 4) is 0 Å². The van der Waals surface area contributed by atoms with Crippen LogP contribution in [0.3, 0.4) is 0 Å². The lowest BCUT2D eigenvalue weighted by Gasteiger charge is -2.06. The quantitative estimate of drug-likeness (QED) is 0.604. The van der Waals surface area contributed by atoms with E-state index in [1.807, 2.05) is 0 Å². The summed E-state index contributed by atoms with van der Waals surface area (Å²) in [6, 6.07) is 5.87. The molecule has 0 bridgehead atoms. The Balaban J connectivity index is 2.21. The molecule has 0 radical (unpaired) electrons. The molecule has 2 rings (SSSR count). The Hall–Kier alpha value is -2.21. The van der Waals surface area contributed by atoms with Gasteiger partial charge in [0.2, 0.25) is 0 Å². The molecule has 1 aromatic heterocycles. The molecule has 0 saturated carbocycles. The van der Waals surface area contributed by atoms with Crippen LogP contribution >= 0.6 is 11.6 Å². The van der Waals surface area contributed by atoms with Gasteiger partial charge in [-0.2, -0.15) is 0 Å². The second-order valence-electron chi connectivity index (χ2n) is 3.37. The first-order valence-electron chi connectivity index (χ1n) is 4.70. The summed E-state index contributed by atoms with van der Waals surface area (Å²) in [5.41, 5.74) is 6.20. The maximum Gasteiger partial charge on any atom is 0.273 e. The Labute approximate surface area is 101 Å². The number of anilines is 2. The lowest BCUT2D eigenvalue weighted by atomic mass is 10.2. The van der Waals surface area contributed by atoms with Crippen molar-refractivity contribution in [2.24, 2.45) is 0 Å². The average Bonchev–Trinajstić information content (AvgIpc) is 2.69. The minimum Gasteiger partial charge on any atom is -0.399 e. The predicted molar refractivity (Wildman–Crippen MR) is 65.2 cm³/mol. The highest BCUT2D eigenvalue weighted by Gasteiger charge is 2.10. The second-order valence-corrected chi connectivity index (χ2v) is 3.77. The Morgan fingerprint density at radius 2 is 2.06 bits per heavy atom. The first-order chi connectivity index (χ1) is 8.06. The zero-order valence-corrected chi connectivity index (χ0v) is 9.34. The first kappa shape index (κ1) is 11.3. The lowest BCUT2D eigenvalue weighted by molar-refractivity contribution is 0.102. The molecule has 2 aromatic rings. The minimum atomic E-state index is -0.463. The molecule has 17 heavy (non-hydrogen) atoms. The summed E-state index contributed by atoms with van der Waals surface area (Å²) >= 11 is 5.89. The van der Waals surface area contributed by atoms with Gasteiger partial charge in [0.05, 0.1) is 10.7 Å².